The van der Waals surface area contributed by atoms with Gasteiger partial charge in [-0.3, -0.25) is 9.89 Å². The topological polar surface area (TPSA) is 58.2 Å². The van der Waals surface area contributed by atoms with Gasteiger partial charge in [0.1, 0.15) is 5.82 Å². The van der Waals surface area contributed by atoms with Crippen LogP contribution in [-0.2, 0) is 16.0 Å². The summed E-state index contributed by atoms with van der Waals surface area (Å²) in [6, 6.07) is 8.31. The molecule has 1 N–H and O–H groups in total. The first-order valence-corrected chi connectivity index (χ1v) is 9.28. The molecule has 1 aliphatic heterocycles. The molecule has 5 nitrogen and oxygen atoms in total. The Bertz CT molecular complexity index is 817. The van der Waals surface area contributed by atoms with Gasteiger partial charge in [0, 0.05) is 31.5 Å². The summed E-state index contributed by atoms with van der Waals surface area (Å²) in [5.74, 6) is -0.286. The lowest BCUT2D eigenvalue weighted by Gasteiger charge is -2.24. The van der Waals surface area contributed by atoms with Crippen LogP contribution in [0, 0.1) is 11.7 Å². The first-order valence-electron chi connectivity index (χ1n) is 9.28. The number of halogens is 1. The van der Waals surface area contributed by atoms with Crippen molar-refractivity contribution in [2.45, 2.75) is 32.3 Å². The second-order valence-electron chi connectivity index (χ2n) is 7.19. The molecule has 0 spiro atoms. The third-order valence-electron chi connectivity index (χ3n) is 4.96. The lowest BCUT2D eigenvalue weighted by Crippen LogP contribution is -2.37. The monoisotopic (exact) mass is 371 g/mol. The van der Waals surface area contributed by atoms with Crippen LogP contribution in [0.5, 0.6) is 0 Å². The lowest BCUT2D eigenvalue weighted by molar-refractivity contribution is -0.135. The van der Waals surface area contributed by atoms with E-state index in [-0.39, 0.29) is 23.7 Å². The van der Waals surface area contributed by atoms with E-state index in [2.05, 4.69) is 16.8 Å². The van der Waals surface area contributed by atoms with E-state index in [1.165, 1.54) is 12.1 Å². The number of aromatic amines is 1. The van der Waals surface area contributed by atoms with Gasteiger partial charge >= 0.3 is 0 Å². The van der Waals surface area contributed by atoms with Crippen LogP contribution in [0.25, 0.3) is 11.3 Å². The van der Waals surface area contributed by atoms with Crippen LogP contribution in [-0.4, -0.2) is 47.3 Å². The van der Waals surface area contributed by atoms with Gasteiger partial charge < -0.3 is 9.64 Å². The van der Waals surface area contributed by atoms with Gasteiger partial charge in [-0.1, -0.05) is 24.3 Å². The average Bonchev–Trinajstić information content (AvgIpc) is 3.30. The Labute approximate surface area is 159 Å². The number of hydrogen-bond acceptors (Lipinski definition) is 3. The van der Waals surface area contributed by atoms with Crippen LogP contribution in [0.15, 0.2) is 42.5 Å². The van der Waals surface area contributed by atoms with Crippen molar-refractivity contribution in [2.24, 2.45) is 5.92 Å². The van der Waals surface area contributed by atoms with E-state index < -0.39 is 0 Å². The quantitative estimate of drug-likeness (QED) is 0.757. The van der Waals surface area contributed by atoms with Crippen LogP contribution in [0.3, 0.4) is 0 Å². The summed E-state index contributed by atoms with van der Waals surface area (Å²) in [5, 5.41) is 7.25. The molecule has 2 aromatic rings. The first-order chi connectivity index (χ1) is 13.0. The Morgan fingerprint density at radius 2 is 2.26 bits per heavy atom. The highest BCUT2D eigenvalue weighted by atomic mass is 19.1. The molecule has 1 aromatic heterocycles. The molecule has 0 unspecified atom stereocenters. The smallest absolute Gasteiger partial charge is 0.228 e. The standard InChI is InChI=1S/C21H26FN3O2/c1-14(2)20-18(9-11-27-20)21(26)25(3)10-5-8-17-13-19(24-23-17)15-6-4-7-16(22)12-15/h4,6-7,12-13,18,20H,1,5,8-11H2,2-3H3,(H,23,24)/t18-,20-/m1/s1. The van der Waals surface area contributed by atoms with Crippen molar-refractivity contribution >= 4 is 5.91 Å². The van der Waals surface area contributed by atoms with Crippen molar-refractivity contribution in [3.8, 4) is 11.3 Å². The molecular formula is C21H26FN3O2. The fraction of sp³-hybridized carbons (Fsp3) is 0.429. The maximum atomic E-state index is 13.3. The third-order valence-corrected chi connectivity index (χ3v) is 4.96. The second-order valence-corrected chi connectivity index (χ2v) is 7.19. The highest BCUT2D eigenvalue weighted by Crippen LogP contribution is 2.27. The average molecular weight is 371 g/mol. The highest BCUT2D eigenvalue weighted by Gasteiger charge is 2.35. The fourth-order valence-electron chi connectivity index (χ4n) is 3.51. The molecule has 1 amide bonds. The van der Waals surface area contributed by atoms with Gasteiger partial charge in [-0.05, 0) is 44.4 Å². The number of H-pyrrole nitrogens is 1. The normalized spacial score (nSPS) is 19.2. The molecule has 2 atom stereocenters. The van der Waals surface area contributed by atoms with E-state index >= 15 is 0 Å². The molecule has 0 radical (unpaired) electrons. The largest absolute Gasteiger partial charge is 0.373 e. The van der Waals surface area contributed by atoms with E-state index in [9.17, 15) is 9.18 Å². The number of benzene rings is 1. The number of hydrogen-bond donors (Lipinski definition) is 1. The van der Waals surface area contributed by atoms with Gasteiger partial charge in [-0.25, -0.2) is 4.39 Å². The predicted molar refractivity (Wildman–Crippen MR) is 103 cm³/mol. The summed E-state index contributed by atoms with van der Waals surface area (Å²) in [4.78, 5) is 14.4. The SMILES string of the molecule is C=C(C)[C@H]1OCC[C@H]1C(=O)N(C)CCCc1cc(-c2cccc(F)c2)n[nH]1. The van der Waals surface area contributed by atoms with Crippen LogP contribution in [0.4, 0.5) is 4.39 Å². The van der Waals surface area contributed by atoms with Gasteiger partial charge in [0.25, 0.3) is 0 Å². The maximum absolute atomic E-state index is 13.3. The minimum atomic E-state index is -0.277. The van der Waals surface area contributed by atoms with Gasteiger partial charge in [0.05, 0.1) is 17.7 Å². The molecular weight excluding hydrogens is 345 g/mol. The molecule has 1 aromatic carbocycles. The molecule has 27 heavy (non-hydrogen) atoms. The van der Waals surface area contributed by atoms with Crippen LogP contribution < -0.4 is 0 Å². The van der Waals surface area contributed by atoms with E-state index in [1.54, 1.807) is 11.0 Å². The van der Waals surface area contributed by atoms with E-state index in [4.69, 9.17) is 4.74 Å². The first kappa shape index (κ1) is 19.3. The lowest BCUT2D eigenvalue weighted by atomic mass is 9.95. The Balaban J connectivity index is 1.51. The number of carbonyl (C=O) groups is 1. The van der Waals surface area contributed by atoms with Crippen LogP contribution in [0.2, 0.25) is 0 Å². The van der Waals surface area contributed by atoms with Gasteiger partial charge in [-0.2, -0.15) is 5.10 Å². The van der Waals surface area contributed by atoms with E-state index in [1.807, 2.05) is 26.1 Å². The molecule has 1 aliphatic rings. The predicted octanol–water partition coefficient (Wildman–Crippen LogP) is 3.59. The zero-order valence-corrected chi connectivity index (χ0v) is 15.9. The molecule has 0 bridgehead atoms. The number of aryl methyl sites for hydroxylation is 1. The Morgan fingerprint density at radius 1 is 1.44 bits per heavy atom. The highest BCUT2D eigenvalue weighted by molar-refractivity contribution is 5.80. The molecule has 2 heterocycles. The second kappa shape index (κ2) is 8.48. The van der Waals surface area contributed by atoms with Crippen LogP contribution in [0.1, 0.15) is 25.5 Å². The Kier molecular flexibility index (Phi) is 6.06. The van der Waals surface area contributed by atoms with Crippen molar-refractivity contribution in [2.75, 3.05) is 20.2 Å². The molecule has 0 saturated carbocycles. The molecule has 0 aliphatic carbocycles. The zero-order chi connectivity index (χ0) is 19.4. The summed E-state index contributed by atoms with van der Waals surface area (Å²) in [5.41, 5.74) is 3.35. The molecule has 3 rings (SSSR count). The number of amides is 1. The molecule has 1 fully saturated rings. The van der Waals surface area contributed by atoms with E-state index in [0.29, 0.717) is 13.2 Å². The van der Waals surface area contributed by atoms with Gasteiger partial charge in [-0.15, -0.1) is 0 Å². The number of nitrogens with zero attached hydrogens (tertiary/aromatic N) is 2. The Hall–Kier alpha value is -2.47. The van der Waals surface area contributed by atoms with Gasteiger partial charge in [0.2, 0.25) is 5.91 Å². The summed E-state index contributed by atoms with van der Waals surface area (Å²) in [7, 11) is 1.83. The van der Waals surface area contributed by atoms with Crippen molar-refractivity contribution in [3.05, 3.63) is 54.0 Å². The summed E-state index contributed by atoms with van der Waals surface area (Å²) in [6.45, 7) is 7.11. The summed E-state index contributed by atoms with van der Waals surface area (Å²) in [6.07, 6.45) is 2.17. The summed E-state index contributed by atoms with van der Waals surface area (Å²) < 4.78 is 19.0. The third kappa shape index (κ3) is 4.63. The number of ether oxygens (including phenoxy) is 1. The number of carbonyl (C=O) groups excluding carboxylic acids is 1. The molecule has 144 valence electrons. The molecule has 1 saturated heterocycles. The van der Waals surface area contributed by atoms with Crippen molar-refractivity contribution in [1.29, 1.82) is 0 Å². The molecule has 6 heteroatoms. The fourth-order valence-corrected chi connectivity index (χ4v) is 3.51. The summed E-state index contributed by atoms with van der Waals surface area (Å²) >= 11 is 0. The van der Waals surface area contributed by atoms with Crippen molar-refractivity contribution in [1.82, 2.24) is 15.1 Å². The van der Waals surface area contributed by atoms with Crippen LogP contribution >= 0.6 is 0 Å². The minimum absolute atomic E-state index is 0.116. The maximum Gasteiger partial charge on any atom is 0.228 e. The number of nitrogens with one attached hydrogen (secondary N) is 1. The Morgan fingerprint density at radius 3 is 3.00 bits per heavy atom. The zero-order valence-electron chi connectivity index (χ0n) is 15.9. The van der Waals surface area contributed by atoms with Gasteiger partial charge in [0.15, 0.2) is 0 Å². The van der Waals surface area contributed by atoms with Crippen molar-refractivity contribution < 1.29 is 13.9 Å². The van der Waals surface area contributed by atoms with E-state index in [0.717, 1.165) is 41.8 Å². The minimum Gasteiger partial charge on any atom is -0.373 e. The van der Waals surface area contributed by atoms with Crippen molar-refractivity contribution in [3.63, 3.8) is 0 Å². The number of aromatic nitrogens is 2. The number of rotatable bonds is 7.